The van der Waals surface area contributed by atoms with Gasteiger partial charge in [0.05, 0.1) is 13.7 Å². The highest BCUT2D eigenvalue weighted by Crippen LogP contribution is 2.25. The average Bonchev–Trinajstić information content (AvgIpc) is 2.48. The highest BCUT2D eigenvalue weighted by molar-refractivity contribution is 5.47. The zero-order chi connectivity index (χ0) is 14.5. The van der Waals surface area contributed by atoms with Crippen LogP contribution in [0.25, 0.3) is 0 Å². The standard InChI is InChI=1S/C16H18FNO2/c1-11(13-5-8-15(17)16(9-13)20-2)18-14-6-3-12(10-19)4-7-14/h3-9,11,18-19H,10H2,1-2H3. The first kappa shape index (κ1) is 14.3. The van der Waals surface area contributed by atoms with E-state index in [1.807, 2.05) is 31.2 Å². The second-order valence-corrected chi connectivity index (χ2v) is 4.62. The molecule has 0 bridgehead atoms. The summed E-state index contributed by atoms with van der Waals surface area (Å²) in [6, 6.07) is 12.4. The highest BCUT2D eigenvalue weighted by Gasteiger charge is 2.09. The molecule has 0 amide bonds. The van der Waals surface area contributed by atoms with Crippen LogP contribution in [0.5, 0.6) is 5.75 Å². The number of halogens is 1. The minimum absolute atomic E-state index is 0.0180. The van der Waals surface area contributed by atoms with Crippen LogP contribution in [0.4, 0.5) is 10.1 Å². The Balaban J connectivity index is 2.12. The molecular weight excluding hydrogens is 257 g/mol. The van der Waals surface area contributed by atoms with Crippen LogP contribution in [0.15, 0.2) is 42.5 Å². The van der Waals surface area contributed by atoms with Crippen molar-refractivity contribution in [2.24, 2.45) is 0 Å². The first-order valence-corrected chi connectivity index (χ1v) is 6.44. The van der Waals surface area contributed by atoms with Gasteiger partial charge in [-0.15, -0.1) is 0 Å². The third kappa shape index (κ3) is 3.27. The molecule has 1 unspecified atom stereocenters. The summed E-state index contributed by atoms with van der Waals surface area (Å²) in [5.41, 5.74) is 2.75. The largest absolute Gasteiger partial charge is 0.494 e. The van der Waals surface area contributed by atoms with Crippen molar-refractivity contribution in [1.82, 2.24) is 0 Å². The Kier molecular flexibility index (Phi) is 4.58. The second-order valence-electron chi connectivity index (χ2n) is 4.62. The van der Waals surface area contributed by atoms with Crippen molar-refractivity contribution < 1.29 is 14.2 Å². The summed E-state index contributed by atoms with van der Waals surface area (Å²) < 4.78 is 18.4. The summed E-state index contributed by atoms with van der Waals surface area (Å²) in [4.78, 5) is 0. The van der Waals surface area contributed by atoms with Gasteiger partial charge in [0.25, 0.3) is 0 Å². The fourth-order valence-corrected chi connectivity index (χ4v) is 1.99. The summed E-state index contributed by atoms with van der Waals surface area (Å²) in [5.74, 6) is -0.123. The zero-order valence-electron chi connectivity index (χ0n) is 11.6. The molecule has 0 aliphatic rings. The molecule has 0 saturated heterocycles. The minimum atomic E-state index is -0.365. The first-order valence-electron chi connectivity index (χ1n) is 6.44. The fraction of sp³-hybridized carbons (Fsp3) is 0.250. The van der Waals surface area contributed by atoms with Gasteiger partial charge < -0.3 is 15.2 Å². The number of ether oxygens (including phenoxy) is 1. The zero-order valence-corrected chi connectivity index (χ0v) is 11.6. The van der Waals surface area contributed by atoms with Crippen LogP contribution in [0.1, 0.15) is 24.1 Å². The number of benzene rings is 2. The predicted octanol–water partition coefficient (Wildman–Crippen LogP) is 3.50. The molecule has 0 heterocycles. The van der Waals surface area contributed by atoms with Gasteiger partial charge in [0, 0.05) is 11.7 Å². The van der Waals surface area contributed by atoms with E-state index < -0.39 is 0 Å². The van der Waals surface area contributed by atoms with E-state index in [4.69, 9.17) is 9.84 Å². The highest BCUT2D eigenvalue weighted by atomic mass is 19.1. The number of rotatable bonds is 5. The van der Waals surface area contributed by atoms with E-state index >= 15 is 0 Å². The Bertz CT molecular complexity index is 569. The van der Waals surface area contributed by atoms with Gasteiger partial charge in [-0.05, 0) is 42.3 Å². The molecule has 0 radical (unpaired) electrons. The van der Waals surface area contributed by atoms with E-state index in [0.29, 0.717) is 0 Å². The smallest absolute Gasteiger partial charge is 0.165 e. The topological polar surface area (TPSA) is 41.5 Å². The molecule has 106 valence electrons. The molecule has 20 heavy (non-hydrogen) atoms. The van der Waals surface area contributed by atoms with Crippen molar-refractivity contribution in [3.8, 4) is 5.75 Å². The Labute approximate surface area is 118 Å². The number of nitrogens with one attached hydrogen (secondary N) is 1. The van der Waals surface area contributed by atoms with E-state index in [9.17, 15) is 4.39 Å². The molecule has 0 spiro atoms. The van der Waals surface area contributed by atoms with Crippen molar-refractivity contribution in [3.05, 3.63) is 59.4 Å². The predicted molar refractivity (Wildman–Crippen MR) is 77.4 cm³/mol. The maximum atomic E-state index is 13.4. The normalized spacial score (nSPS) is 12.0. The van der Waals surface area contributed by atoms with Crippen LogP contribution < -0.4 is 10.1 Å². The molecule has 0 aliphatic carbocycles. The van der Waals surface area contributed by atoms with Crippen LogP contribution in [0.3, 0.4) is 0 Å². The molecule has 0 aliphatic heterocycles. The van der Waals surface area contributed by atoms with Crippen molar-refractivity contribution >= 4 is 5.69 Å². The van der Waals surface area contributed by atoms with Gasteiger partial charge in [0.1, 0.15) is 0 Å². The Morgan fingerprint density at radius 3 is 2.50 bits per heavy atom. The van der Waals surface area contributed by atoms with Crippen molar-refractivity contribution in [2.45, 2.75) is 19.6 Å². The summed E-state index contributed by atoms with van der Waals surface area (Å²) in [7, 11) is 1.45. The lowest BCUT2D eigenvalue weighted by Crippen LogP contribution is -2.07. The third-order valence-corrected chi connectivity index (χ3v) is 3.19. The van der Waals surface area contributed by atoms with Gasteiger partial charge in [-0.1, -0.05) is 18.2 Å². The van der Waals surface area contributed by atoms with Crippen LogP contribution in [0.2, 0.25) is 0 Å². The number of aliphatic hydroxyl groups excluding tert-OH is 1. The SMILES string of the molecule is COc1cc(C(C)Nc2ccc(CO)cc2)ccc1F. The van der Waals surface area contributed by atoms with Crippen molar-refractivity contribution in [1.29, 1.82) is 0 Å². The Morgan fingerprint density at radius 1 is 1.20 bits per heavy atom. The Morgan fingerprint density at radius 2 is 1.90 bits per heavy atom. The fourth-order valence-electron chi connectivity index (χ4n) is 1.99. The van der Waals surface area contributed by atoms with Crippen LogP contribution >= 0.6 is 0 Å². The molecular formula is C16H18FNO2. The van der Waals surface area contributed by atoms with Crippen LogP contribution in [-0.4, -0.2) is 12.2 Å². The quantitative estimate of drug-likeness (QED) is 0.877. The van der Waals surface area contributed by atoms with Gasteiger partial charge in [0.2, 0.25) is 0 Å². The Hall–Kier alpha value is -2.07. The lowest BCUT2D eigenvalue weighted by molar-refractivity contribution is 0.282. The van der Waals surface area contributed by atoms with Crippen LogP contribution in [-0.2, 0) is 6.61 Å². The number of hydrogen-bond donors (Lipinski definition) is 2. The first-order chi connectivity index (χ1) is 9.63. The summed E-state index contributed by atoms with van der Waals surface area (Å²) in [6.45, 7) is 2.03. The molecule has 2 N–H and O–H groups in total. The average molecular weight is 275 g/mol. The van der Waals surface area contributed by atoms with Crippen molar-refractivity contribution in [3.63, 3.8) is 0 Å². The van der Waals surface area contributed by atoms with E-state index in [-0.39, 0.29) is 24.2 Å². The number of methoxy groups -OCH3 is 1. The number of hydrogen-bond acceptors (Lipinski definition) is 3. The molecule has 2 rings (SSSR count). The lowest BCUT2D eigenvalue weighted by Gasteiger charge is -2.17. The molecule has 3 nitrogen and oxygen atoms in total. The molecule has 4 heteroatoms. The minimum Gasteiger partial charge on any atom is -0.494 e. The lowest BCUT2D eigenvalue weighted by atomic mass is 10.1. The summed E-state index contributed by atoms with van der Waals surface area (Å²) >= 11 is 0. The monoisotopic (exact) mass is 275 g/mol. The van der Waals surface area contributed by atoms with E-state index in [0.717, 1.165) is 16.8 Å². The summed E-state index contributed by atoms with van der Waals surface area (Å²) in [6.07, 6.45) is 0. The molecule has 2 aromatic carbocycles. The third-order valence-electron chi connectivity index (χ3n) is 3.19. The maximum absolute atomic E-state index is 13.4. The van der Waals surface area contributed by atoms with Gasteiger partial charge in [-0.3, -0.25) is 0 Å². The second kappa shape index (κ2) is 6.39. The summed E-state index contributed by atoms with van der Waals surface area (Å²) in [5, 5.41) is 12.3. The molecule has 0 aromatic heterocycles. The van der Waals surface area contributed by atoms with E-state index in [1.165, 1.54) is 13.2 Å². The molecule has 0 fully saturated rings. The van der Waals surface area contributed by atoms with Crippen LogP contribution in [0, 0.1) is 5.82 Å². The number of anilines is 1. The van der Waals surface area contributed by atoms with Crippen molar-refractivity contribution in [2.75, 3.05) is 12.4 Å². The van der Waals surface area contributed by atoms with E-state index in [2.05, 4.69) is 5.32 Å². The van der Waals surface area contributed by atoms with Gasteiger partial charge in [-0.2, -0.15) is 0 Å². The van der Waals surface area contributed by atoms with Gasteiger partial charge in [0.15, 0.2) is 11.6 Å². The van der Waals surface area contributed by atoms with Gasteiger partial charge in [-0.25, -0.2) is 4.39 Å². The van der Waals surface area contributed by atoms with E-state index in [1.54, 1.807) is 12.1 Å². The van der Waals surface area contributed by atoms with Gasteiger partial charge >= 0.3 is 0 Å². The maximum Gasteiger partial charge on any atom is 0.165 e. The molecule has 0 saturated carbocycles. The molecule has 2 aromatic rings. The molecule has 1 atom stereocenters. The number of aliphatic hydroxyl groups is 1.